The molecule has 1 fully saturated rings. The molecule has 0 bridgehead atoms. The summed E-state index contributed by atoms with van der Waals surface area (Å²) in [6, 6.07) is 15.5. The van der Waals surface area contributed by atoms with Gasteiger partial charge in [-0.3, -0.25) is 9.59 Å². The lowest BCUT2D eigenvalue weighted by Crippen LogP contribution is -2.48. The first kappa shape index (κ1) is 21.1. The van der Waals surface area contributed by atoms with E-state index in [1.165, 1.54) is 0 Å². The third kappa shape index (κ3) is 4.67. The Morgan fingerprint density at radius 3 is 2.41 bits per heavy atom. The number of aryl methyl sites for hydroxylation is 1. The van der Waals surface area contributed by atoms with Crippen LogP contribution < -0.4 is 10.6 Å². The van der Waals surface area contributed by atoms with Crippen LogP contribution in [0.25, 0.3) is 0 Å². The number of nitrogens with one attached hydrogen (secondary N) is 2. The van der Waals surface area contributed by atoms with Crippen molar-refractivity contribution in [3.8, 4) is 0 Å². The minimum Gasteiger partial charge on any atom is -0.352 e. The Labute approximate surface area is 173 Å². The van der Waals surface area contributed by atoms with Gasteiger partial charge in [0.25, 0.3) is 5.91 Å². The molecule has 1 aliphatic heterocycles. The van der Waals surface area contributed by atoms with Crippen molar-refractivity contribution in [3.05, 3.63) is 65.2 Å². The fourth-order valence-electron chi connectivity index (χ4n) is 3.88. The zero-order chi connectivity index (χ0) is 20.9. The molecular weight excluding hydrogens is 362 g/mol. The van der Waals surface area contributed by atoms with Crippen LogP contribution >= 0.6 is 0 Å². The number of anilines is 1. The lowest BCUT2D eigenvalue weighted by atomic mass is 9.72. The highest BCUT2D eigenvalue weighted by Gasteiger charge is 2.42. The number of rotatable bonds is 6. The van der Waals surface area contributed by atoms with Crippen LogP contribution in [0, 0.1) is 6.92 Å². The van der Waals surface area contributed by atoms with Crippen LogP contribution in [-0.2, 0) is 10.2 Å². The van der Waals surface area contributed by atoms with Crippen molar-refractivity contribution < 1.29 is 9.59 Å². The van der Waals surface area contributed by atoms with Gasteiger partial charge in [0.1, 0.15) is 0 Å². The molecule has 5 nitrogen and oxygen atoms in total. The standard InChI is InChI=1S/C24H31N3O2/c1-4-14-25-22(28)19-11-10-18(2)21(17-19)26-23(29)24(12-15-27(3)16-13-24)20-8-6-5-7-9-20/h5-11,17H,4,12-16H2,1-3H3,(H,25,28)(H,26,29). The van der Waals surface area contributed by atoms with Crippen LogP contribution in [0.3, 0.4) is 0 Å². The summed E-state index contributed by atoms with van der Waals surface area (Å²) in [6.45, 7) is 6.36. The SMILES string of the molecule is CCCNC(=O)c1ccc(C)c(NC(=O)C2(c3ccccc3)CCN(C)CC2)c1. The second kappa shape index (κ2) is 9.23. The van der Waals surface area contributed by atoms with E-state index in [9.17, 15) is 9.59 Å². The molecule has 0 atom stereocenters. The van der Waals surface area contributed by atoms with Crippen LogP contribution in [0.2, 0.25) is 0 Å². The minimum atomic E-state index is -0.555. The number of nitrogens with zero attached hydrogens (tertiary/aromatic N) is 1. The molecule has 154 valence electrons. The average molecular weight is 394 g/mol. The van der Waals surface area contributed by atoms with E-state index in [2.05, 4.69) is 22.6 Å². The zero-order valence-corrected chi connectivity index (χ0v) is 17.6. The molecule has 3 rings (SSSR count). The minimum absolute atomic E-state index is 0.00557. The van der Waals surface area contributed by atoms with Gasteiger partial charge in [-0.05, 0) is 69.6 Å². The highest BCUT2D eigenvalue weighted by Crippen LogP contribution is 2.37. The fraction of sp³-hybridized carbons (Fsp3) is 0.417. The molecule has 2 aromatic carbocycles. The number of carbonyl (C=O) groups excluding carboxylic acids is 2. The van der Waals surface area contributed by atoms with Gasteiger partial charge in [0, 0.05) is 17.8 Å². The van der Waals surface area contributed by atoms with E-state index in [0.717, 1.165) is 43.5 Å². The van der Waals surface area contributed by atoms with Crippen molar-refractivity contribution in [1.29, 1.82) is 0 Å². The van der Waals surface area contributed by atoms with Crippen molar-refractivity contribution in [2.45, 2.75) is 38.5 Å². The van der Waals surface area contributed by atoms with E-state index >= 15 is 0 Å². The molecule has 0 radical (unpaired) electrons. The molecule has 2 amide bonds. The maximum Gasteiger partial charge on any atom is 0.251 e. The monoisotopic (exact) mass is 393 g/mol. The molecule has 0 unspecified atom stereocenters. The highest BCUT2D eigenvalue weighted by molar-refractivity contribution is 6.01. The molecule has 2 N–H and O–H groups in total. The first-order valence-corrected chi connectivity index (χ1v) is 10.4. The van der Waals surface area contributed by atoms with Gasteiger partial charge in [-0.25, -0.2) is 0 Å². The predicted molar refractivity (Wildman–Crippen MR) is 117 cm³/mol. The van der Waals surface area contributed by atoms with Crippen LogP contribution in [0.4, 0.5) is 5.69 Å². The Morgan fingerprint density at radius 2 is 1.76 bits per heavy atom. The van der Waals surface area contributed by atoms with Gasteiger partial charge in [-0.1, -0.05) is 43.3 Å². The Bertz CT molecular complexity index is 856. The second-order valence-corrected chi connectivity index (χ2v) is 7.99. The number of piperidine rings is 1. The molecule has 5 heteroatoms. The lowest BCUT2D eigenvalue weighted by molar-refractivity contribution is -0.123. The third-order valence-corrected chi connectivity index (χ3v) is 5.89. The summed E-state index contributed by atoms with van der Waals surface area (Å²) in [6.07, 6.45) is 2.43. The van der Waals surface area contributed by atoms with Gasteiger partial charge in [0.15, 0.2) is 0 Å². The highest BCUT2D eigenvalue weighted by atomic mass is 16.2. The van der Waals surface area contributed by atoms with Crippen LogP contribution in [0.1, 0.15) is 47.7 Å². The van der Waals surface area contributed by atoms with Gasteiger partial charge < -0.3 is 15.5 Å². The Morgan fingerprint density at radius 1 is 1.07 bits per heavy atom. The van der Waals surface area contributed by atoms with Crippen molar-refractivity contribution in [3.63, 3.8) is 0 Å². The van der Waals surface area contributed by atoms with Gasteiger partial charge in [-0.2, -0.15) is 0 Å². The number of benzene rings is 2. The molecule has 1 saturated heterocycles. The molecule has 0 aliphatic carbocycles. The number of likely N-dealkylation sites (tertiary alicyclic amines) is 1. The summed E-state index contributed by atoms with van der Waals surface area (Å²) in [5.74, 6) is -0.106. The molecule has 0 saturated carbocycles. The molecule has 29 heavy (non-hydrogen) atoms. The van der Waals surface area contributed by atoms with Crippen molar-refractivity contribution in [2.24, 2.45) is 0 Å². The van der Waals surface area contributed by atoms with Gasteiger partial charge in [0.2, 0.25) is 5.91 Å². The zero-order valence-electron chi connectivity index (χ0n) is 17.6. The van der Waals surface area contributed by atoms with E-state index in [0.29, 0.717) is 17.8 Å². The normalized spacial score (nSPS) is 16.2. The molecule has 0 spiro atoms. The summed E-state index contributed by atoms with van der Waals surface area (Å²) in [5, 5.41) is 6.04. The smallest absolute Gasteiger partial charge is 0.251 e. The van der Waals surface area contributed by atoms with E-state index in [4.69, 9.17) is 0 Å². The summed E-state index contributed by atoms with van der Waals surface area (Å²) in [5.41, 5.74) is 2.72. The fourth-order valence-corrected chi connectivity index (χ4v) is 3.88. The number of hydrogen-bond donors (Lipinski definition) is 2. The number of amides is 2. The van der Waals surface area contributed by atoms with E-state index in [-0.39, 0.29) is 11.8 Å². The Balaban J connectivity index is 1.88. The van der Waals surface area contributed by atoms with Gasteiger partial charge >= 0.3 is 0 Å². The van der Waals surface area contributed by atoms with Crippen molar-refractivity contribution in [2.75, 3.05) is 32.0 Å². The Hall–Kier alpha value is -2.66. The van der Waals surface area contributed by atoms with Gasteiger partial charge in [-0.15, -0.1) is 0 Å². The molecule has 1 heterocycles. The predicted octanol–water partition coefficient (Wildman–Crippen LogP) is 3.74. The van der Waals surface area contributed by atoms with Crippen molar-refractivity contribution in [1.82, 2.24) is 10.2 Å². The van der Waals surface area contributed by atoms with E-state index in [1.807, 2.05) is 50.2 Å². The summed E-state index contributed by atoms with van der Waals surface area (Å²) in [4.78, 5) is 28.2. The molecular formula is C24H31N3O2. The van der Waals surface area contributed by atoms with E-state index in [1.54, 1.807) is 12.1 Å². The van der Waals surface area contributed by atoms with Crippen LogP contribution in [0.15, 0.2) is 48.5 Å². The number of hydrogen-bond acceptors (Lipinski definition) is 3. The summed E-state index contributed by atoms with van der Waals surface area (Å²) >= 11 is 0. The average Bonchev–Trinajstić information content (AvgIpc) is 2.74. The molecule has 1 aliphatic rings. The Kier molecular flexibility index (Phi) is 6.70. The van der Waals surface area contributed by atoms with Crippen LogP contribution in [-0.4, -0.2) is 43.4 Å². The maximum atomic E-state index is 13.6. The van der Waals surface area contributed by atoms with E-state index < -0.39 is 5.41 Å². The first-order valence-electron chi connectivity index (χ1n) is 10.4. The summed E-state index contributed by atoms with van der Waals surface area (Å²) < 4.78 is 0. The second-order valence-electron chi connectivity index (χ2n) is 7.99. The molecule has 0 aromatic heterocycles. The first-order chi connectivity index (χ1) is 14.0. The lowest BCUT2D eigenvalue weighted by Gasteiger charge is -2.40. The van der Waals surface area contributed by atoms with Gasteiger partial charge in [0.05, 0.1) is 5.41 Å². The van der Waals surface area contributed by atoms with Crippen molar-refractivity contribution >= 4 is 17.5 Å². The number of carbonyl (C=O) groups is 2. The largest absolute Gasteiger partial charge is 0.352 e. The van der Waals surface area contributed by atoms with Crippen LogP contribution in [0.5, 0.6) is 0 Å². The quantitative estimate of drug-likeness (QED) is 0.786. The maximum absolute atomic E-state index is 13.6. The summed E-state index contributed by atoms with van der Waals surface area (Å²) in [7, 11) is 2.09. The molecule has 2 aromatic rings. The topological polar surface area (TPSA) is 61.4 Å². The third-order valence-electron chi connectivity index (χ3n) is 5.89.